The van der Waals surface area contributed by atoms with Crippen LogP contribution in [-0.4, -0.2) is 40.7 Å². The Morgan fingerprint density at radius 3 is 1.39 bits per heavy atom. The average molecular weight is 377 g/mol. The zero-order valence-corrected chi connectivity index (χ0v) is 14.8. The van der Waals surface area contributed by atoms with Crippen LogP contribution >= 0.6 is 0 Å². The van der Waals surface area contributed by atoms with Crippen LogP contribution < -0.4 is 9.47 Å². The molecule has 5 heteroatoms. The molecule has 0 aliphatic rings. The first-order valence-corrected chi connectivity index (χ1v) is 9.48. The first-order valence-electron chi connectivity index (χ1n) is 7.06. The van der Waals surface area contributed by atoms with Gasteiger partial charge < -0.3 is 0 Å². The number of carbonyl (C=O) groups is 2. The molecule has 0 saturated heterocycles. The molecule has 120 valence electrons. The van der Waals surface area contributed by atoms with Crippen molar-refractivity contribution in [1.29, 1.82) is 0 Å². The van der Waals surface area contributed by atoms with E-state index in [2.05, 4.69) is 0 Å². The fourth-order valence-corrected chi connectivity index (χ4v) is 3.65. The van der Waals surface area contributed by atoms with Gasteiger partial charge in [0.05, 0.1) is 0 Å². The summed E-state index contributed by atoms with van der Waals surface area (Å²) in [6.45, 7) is 0. The summed E-state index contributed by atoms with van der Waals surface area (Å²) in [7, 11) is 3.18. The van der Waals surface area contributed by atoms with Crippen molar-refractivity contribution in [3.63, 3.8) is 0 Å². The van der Waals surface area contributed by atoms with Gasteiger partial charge in [0, 0.05) is 0 Å². The summed E-state index contributed by atoms with van der Waals surface area (Å²) in [4.78, 5) is 24.2. The number of benzene rings is 2. The van der Waals surface area contributed by atoms with E-state index < -0.39 is 0 Å². The minimum absolute atomic E-state index is 0.0476. The van der Waals surface area contributed by atoms with Crippen LogP contribution in [0.4, 0.5) is 0 Å². The fraction of sp³-hybridized carbons (Fsp3) is 0.222. The maximum absolute atomic E-state index is 12.1. The Balaban J connectivity index is 1.83. The van der Waals surface area contributed by atoms with Gasteiger partial charge in [-0.2, -0.15) is 0 Å². The van der Waals surface area contributed by atoms with Crippen LogP contribution in [0.1, 0.15) is 20.7 Å². The predicted octanol–water partition coefficient (Wildman–Crippen LogP) is 3.31. The Morgan fingerprint density at radius 2 is 1.09 bits per heavy atom. The van der Waals surface area contributed by atoms with Crippen molar-refractivity contribution in [2.24, 2.45) is 0 Å². The van der Waals surface area contributed by atoms with Gasteiger partial charge >= 0.3 is 142 Å². The van der Waals surface area contributed by atoms with E-state index in [9.17, 15) is 9.59 Å². The molecule has 0 aliphatic carbocycles. The van der Waals surface area contributed by atoms with Gasteiger partial charge in [0.15, 0.2) is 0 Å². The Bertz CT molecular complexity index is 603. The Kier molecular flexibility index (Phi) is 6.39. The number of rotatable bonds is 8. The van der Waals surface area contributed by atoms with Crippen LogP contribution in [0.25, 0.3) is 0 Å². The number of ether oxygens (including phenoxy) is 2. The van der Waals surface area contributed by atoms with Crippen molar-refractivity contribution in [3.05, 3.63) is 59.7 Å². The molecular formula is C18H18O4Se. The molecule has 4 nitrogen and oxygen atoms in total. The molecule has 2 aromatic rings. The number of hydrogen-bond donors (Lipinski definition) is 0. The zero-order valence-electron chi connectivity index (χ0n) is 13.1. The van der Waals surface area contributed by atoms with E-state index in [1.165, 1.54) is 0 Å². The van der Waals surface area contributed by atoms with Gasteiger partial charge in [-0.25, -0.2) is 0 Å². The summed E-state index contributed by atoms with van der Waals surface area (Å²) in [5.74, 6) is 1.58. The van der Waals surface area contributed by atoms with Gasteiger partial charge in [0.1, 0.15) is 0 Å². The summed E-state index contributed by atoms with van der Waals surface area (Å²) in [5, 5.41) is 0.836. The molecule has 0 aromatic heterocycles. The van der Waals surface area contributed by atoms with Crippen molar-refractivity contribution < 1.29 is 19.1 Å². The molecule has 0 spiro atoms. The third-order valence-corrected chi connectivity index (χ3v) is 5.25. The van der Waals surface area contributed by atoms with E-state index in [0.717, 1.165) is 11.5 Å². The van der Waals surface area contributed by atoms with Crippen molar-refractivity contribution in [2.45, 2.75) is 10.6 Å². The van der Waals surface area contributed by atoms with E-state index >= 15 is 0 Å². The fourth-order valence-electron chi connectivity index (χ4n) is 1.96. The molecular weight excluding hydrogens is 359 g/mol. The second-order valence-electron chi connectivity index (χ2n) is 4.80. The van der Waals surface area contributed by atoms with Crippen LogP contribution in [0, 0.1) is 0 Å². The summed E-state index contributed by atoms with van der Waals surface area (Å²) in [6.07, 6.45) is 0. The second-order valence-corrected chi connectivity index (χ2v) is 6.86. The van der Waals surface area contributed by atoms with E-state index in [1.807, 2.05) is 0 Å². The number of methoxy groups -OCH3 is 2. The van der Waals surface area contributed by atoms with Crippen LogP contribution in [0.2, 0.25) is 10.6 Å². The minimum atomic E-state index is -0.0476. The van der Waals surface area contributed by atoms with Crippen molar-refractivity contribution in [1.82, 2.24) is 0 Å². The number of Topliss-reactive ketones (excluding diaryl/α,β-unsaturated/α-hetero) is 2. The molecule has 2 rings (SSSR count). The van der Waals surface area contributed by atoms with Crippen molar-refractivity contribution >= 4 is 26.5 Å². The number of carbonyl (C=O) groups excluding carboxylic acids is 2. The van der Waals surface area contributed by atoms with Crippen LogP contribution in [0.5, 0.6) is 11.5 Å². The van der Waals surface area contributed by atoms with E-state index in [4.69, 9.17) is 9.47 Å². The molecule has 0 unspecified atom stereocenters. The van der Waals surface area contributed by atoms with Crippen LogP contribution in [0.15, 0.2) is 48.5 Å². The van der Waals surface area contributed by atoms with Gasteiger partial charge in [-0.3, -0.25) is 0 Å². The molecule has 0 heterocycles. The number of hydrogen-bond acceptors (Lipinski definition) is 4. The SMILES string of the molecule is COc1ccc(C(=O)C[Se]CC(=O)c2ccc(OC)cc2)cc1. The van der Waals surface area contributed by atoms with Crippen molar-refractivity contribution in [3.8, 4) is 11.5 Å². The molecule has 0 N–H and O–H groups in total. The standard InChI is InChI=1S/C18H18O4Se/c1-21-15-7-3-13(4-8-15)17(19)11-23-12-18(20)14-5-9-16(22-2)10-6-14/h3-10H,11-12H2,1-2H3. The molecule has 23 heavy (non-hydrogen) atoms. The molecule has 0 bridgehead atoms. The zero-order chi connectivity index (χ0) is 16.7. The second kappa shape index (κ2) is 8.51. The van der Waals surface area contributed by atoms with E-state index in [-0.39, 0.29) is 26.5 Å². The third-order valence-electron chi connectivity index (χ3n) is 3.29. The first-order chi connectivity index (χ1) is 11.1. The molecule has 2 aromatic carbocycles. The molecule has 0 atom stereocenters. The van der Waals surface area contributed by atoms with Gasteiger partial charge in [-0.15, -0.1) is 0 Å². The molecule has 0 fully saturated rings. The normalized spacial score (nSPS) is 10.2. The topological polar surface area (TPSA) is 52.6 Å². The summed E-state index contributed by atoms with van der Waals surface area (Å²) < 4.78 is 10.1. The quantitative estimate of drug-likeness (QED) is 0.523. The number of ketones is 2. The summed E-state index contributed by atoms with van der Waals surface area (Å²) >= 11 is -0.0476. The third kappa shape index (κ3) is 4.95. The monoisotopic (exact) mass is 378 g/mol. The first kappa shape index (κ1) is 17.3. The van der Waals surface area contributed by atoms with Gasteiger partial charge in [0.25, 0.3) is 0 Å². The predicted molar refractivity (Wildman–Crippen MR) is 90.0 cm³/mol. The Labute approximate surface area is 142 Å². The molecule has 0 amide bonds. The molecule has 0 aliphatic heterocycles. The molecule has 0 saturated carbocycles. The maximum atomic E-state index is 12.1. The molecule has 0 radical (unpaired) electrons. The summed E-state index contributed by atoms with van der Waals surface area (Å²) in [6, 6.07) is 14.1. The Hall–Kier alpha value is -2.10. The van der Waals surface area contributed by atoms with Crippen LogP contribution in [-0.2, 0) is 0 Å². The Morgan fingerprint density at radius 1 is 0.739 bits per heavy atom. The van der Waals surface area contributed by atoms with Gasteiger partial charge in [-0.05, 0) is 0 Å². The van der Waals surface area contributed by atoms with Crippen molar-refractivity contribution in [2.75, 3.05) is 14.2 Å². The van der Waals surface area contributed by atoms with Gasteiger partial charge in [0.2, 0.25) is 0 Å². The van der Waals surface area contributed by atoms with Gasteiger partial charge in [-0.1, -0.05) is 0 Å². The average Bonchev–Trinajstić information content (AvgIpc) is 2.61. The van der Waals surface area contributed by atoms with E-state index in [1.54, 1.807) is 62.8 Å². The van der Waals surface area contributed by atoms with E-state index in [0.29, 0.717) is 21.8 Å². The van der Waals surface area contributed by atoms with Crippen LogP contribution in [0.3, 0.4) is 0 Å². The summed E-state index contributed by atoms with van der Waals surface area (Å²) in [5.41, 5.74) is 1.31.